The first-order chi connectivity index (χ1) is 14.6. The van der Waals surface area contributed by atoms with E-state index in [1.807, 2.05) is 13.0 Å². The van der Waals surface area contributed by atoms with E-state index in [9.17, 15) is 4.79 Å². The number of hydrogen-bond donors (Lipinski definition) is 2. The van der Waals surface area contributed by atoms with E-state index in [1.54, 1.807) is 0 Å². The molecule has 4 rings (SSSR count). The van der Waals surface area contributed by atoms with E-state index >= 15 is 0 Å². The number of hydrogen-bond acceptors (Lipinski definition) is 3. The zero-order valence-electron chi connectivity index (χ0n) is 17.9. The van der Waals surface area contributed by atoms with Gasteiger partial charge in [0, 0.05) is 37.4 Å². The third-order valence-electron chi connectivity index (χ3n) is 6.10. The lowest BCUT2D eigenvalue weighted by atomic mass is 10.0. The number of aromatic amines is 1. The van der Waals surface area contributed by atoms with Crippen molar-refractivity contribution in [3.8, 4) is 11.3 Å². The predicted molar refractivity (Wildman–Crippen MR) is 125 cm³/mol. The second-order valence-corrected chi connectivity index (χ2v) is 8.30. The summed E-state index contributed by atoms with van der Waals surface area (Å²) in [6.45, 7) is 8.15. The van der Waals surface area contributed by atoms with Gasteiger partial charge in [0.15, 0.2) is 0 Å². The molecule has 0 spiro atoms. The van der Waals surface area contributed by atoms with Gasteiger partial charge < -0.3 is 15.2 Å². The lowest BCUT2D eigenvalue weighted by Crippen LogP contribution is -2.26. The Morgan fingerprint density at radius 2 is 1.87 bits per heavy atom. The highest BCUT2D eigenvalue weighted by Gasteiger charge is 2.22. The van der Waals surface area contributed by atoms with Crippen molar-refractivity contribution >= 4 is 5.69 Å². The van der Waals surface area contributed by atoms with Crippen LogP contribution in [0.1, 0.15) is 30.0 Å². The quantitative estimate of drug-likeness (QED) is 0.612. The first-order valence-electron chi connectivity index (χ1n) is 11.0. The summed E-state index contributed by atoms with van der Waals surface area (Å²) < 4.78 is 0. The molecule has 1 aliphatic rings. The Labute approximate surface area is 179 Å². The first kappa shape index (κ1) is 20.4. The van der Waals surface area contributed by atoms with Crippen LogP contribution in [0.2, 0.25) is 0 Å². The Morgan fingerprint density at radius 1 is 1.10 bits per heavy atom. The molecule has 0 aliphatic carbocycles. The maximum Gasteiger partial charge on any atom is 0.251 e. The molecule has 4 heteroatoms. The molecule has 2 heterocycles. The maximum absolute atomic E-state index is 12.1. The van der Waals surface area contributed by atoms with Crippen molar-refractivity contribution in [2.45, 2.75) is 33.2 Å². The van der Waals surface area contributed by atoms with Crippen molar-refractivity contribution in [3.63, 3.8) is 0 Å². The Balaban J connectivity index is 1.37. The number of pyridine rings is 1. The summed E-state index contributed by atoms with van der Waals surface area (Å²) >= 11 is 0. The number of benzene rings is 2. The van der Waals surface area contributed by atoms with Crippen LogP contribution < -0.4 is 15.8 Å². The third kappa shape index (κ3) is 4.65. The van der Waals surface area contributed by atoms with Gasteiger partial charge in [0.25, 0.3) is 5.56 Å². The SMILES string of the molecule is CCc1cc(C)c(=O)[nH]c1-c1ccc(N2CCC(CNCc3ccccc3)C2)cc1. The highest BCUT2D eigenvalue weighted by Crippen LogP contribution is 2.27. The lowest BCUT2D eigenvalue weighted by Gasteiger charge is -2.19. The van der Waals surface area contributed by atoms with E-state index in [2.05, 4.69) is 76.7 Å². The van der Waals surface area contributed by atoms with Crippen LogP contribution in [0, 0.1) is 12.8 Å². The van der Waals surface area contributed by atoms with Crippen molar-refractivity contribution in [2.24, 2.45) is 5.92 Å². The van der Waals surface area contributed by atoms with E-state index in [1.165, 1.54) is 23.2 Å². The molecule has 2 N–H and O–H groups in total. The molecule has 1 unspecified atom stereocenters. The van der Waals surface area contributed by atoms with Crippen LogP contribution in [-0.2, 0) is 13.0 Å². The van der Waals surface area contributed by atoms with E-state index in [4.69, 9.17) is 0 Å². The molecule has 1 fully saturated rings. The van der Waals surface area contributed by atoms with Crippen molar-refractivity contribution < 1.29 is 0 Å². The fraction of sp³-hybridized carbons (Fsp3) is 0.346. The average Bonchev–Trinajstić information content (AvgIpc) is 3.25. The summed E-state index contributed by atoms with van der Waals surface area (Å²) in [4.78, 5) is 17.6. The molecule has 1 aromatic heterocycles. The van der Waals surface area contributed by atoms with Gasteiger partial charge in [0.1, 0.15) is 0 Å². The van der Waals surface area contributed by atoms with Crippen molar-refractivity contribution in [1.29, 1.82) is 0 Å². The second-order valence-electron chi connectivity index (χ2n) is 8.30. The molecule has 0 saturated carbocycles. The summed E-state index contributed by atoms with van der Waals surface area (Å²) in [5.74, 6) is 0.675. The molecule has 3 aromatic rings. The van der Waals surface area contributed by atoms with E-state index in [-0.39, 0.29) is 5.56 Å². The molecule has 1 saturated heterocycles. The molecule has 156 valence electrons. The third-order valence-corrected chi connectivity index (χ3v) is 6.10. The minimum atomic E-state index is -0.00309. The fourth-order valence-electron chi connectivity index (χ4n) is 4.32. The summed E-state index contributed by atoms with van der Waals surface area (Å²) in [5, 5.41) is 3.61. The van der Waals surface area contributed by atoms with Gasteiger partial charge in [-0.3, -0.25) is 4.79 Å². The summed E-state index contributed by atoms with van der Waals surface area (Å²) in [7, 11) is 0. The first-order valence-corrected chi connectivity index (χ1v) is 11.0. The Hall–Kier alpha value is -2.85. The Kier molecular flexibility index (Phi) is 6.34. The van der Waals surface area contributed by atoms with Crippen LogP contribution in [-0.4, -0.2) is 24.6 Å². The molecule has 1 aliphatic heterocycles. The molecule has 1 atom stereocenters. The molecule has 0 radical (unpaired) electrons. The van der Waals surface area contributed by atoms with Crippen LogP contribution >= 0.6 is 0 Å². The molecule has 0 amide bonds. The fourth-order valence-corrected chi connectivity index (χ4v) is 4.32. The van der Waals surface area contributed by atoms with Crippen molar-refractivity contribution in [2.75, 3.05) is 24.5 Å². The topological polar surface area (TPSA) is 48.1 Å². The van der Waals surface area contributed by atoms with Crippen LogP contribution in [0.15, 0.2) is 65.5 Å². The Bertz CT molecular complexity index is 1020. The summed E-state index contributed by atoms with van der Waals surface area (Å²) in [6.07, 6.45) is 2.12. The molecule has 2 aromatic carbocycles. The van der Waals surface area contributed by atoms with E-state index < -0.39 is 0 Å². The van der Waals surface area contributed by atoms with Gasteiger partial charge in [-0.25, -0.2) is 0 Å². The maximum atomic E-state index is 12.1. The lowest BCUT2D eigenvalue weighted by molar-refractivity contribution is 0.516. The minimum Gasteiger partial charge on any atom is -0.371 e. The molecule has 4 nitrogen and oxygen atoms in total. The number of H-pyrrole nitrogens is 1. The molecule has 0 bridgehead atoms. The largest absolute Gasteiger partial charge is 0.371 e. The zero-order valence-corrected chi connectivity index (χ0v) is 17.9. The number of rotatable bonds is 7. The van der Waals surface area contributed by atoms with E-state index in [0.717, 1.165) is 49.4 Å². The van der Waals surface area contributed by atoms with Crippen LogP contribution in [0.5, 0.6) is 0 Å². The van der Waals surface area contributed by atoms with Crippen LogP contribution in [0.3, 0.4) is 0 Å². The molecular weight excluding hydrogens is 370 g/mol. The number of nitrogens with zero attached hydrogens (tertiary/aromatic N) is 1. The highest BCUT2D eigenvalue weighted by atomic mass is 16.1. The van der Waals surface area contributed by atoms with Gasteiger partial charge in [-0.05, 0) is 60.6 Å². The molecule has 30 heavy (non-hydrogen) atoms. The number of aromatic nitrogens is 1. The zero-order chi connectivity index (χ0) is 20.9. The van der Waals surface area contributed by atoms with Crippen molar-refractivity contribution in [3.05, 3.63) is 87.7 Å². The minimum absolute atomic E-state index is 0.00309. The number of aryl methyl sites for hydroxylation is 2. The normalized spacial score (nSPS) is 16.2. The van der Waals surface area contributed by atoms with Gasteiger partial charge in [-0.2, -0.15) is 0 Å². The van der Waals surface area contributed by atoms with Gasteiger partial charge in [-0.15, -0.1) is 0 Å². The summed E-state index contributed by atoms with van der Waals surface area (Å²) in [6, 6.07) is 21.2. The summed E-state index contributed by atoms with van der Waals surface area (Å²) in [5.41, 5.74) is 6.58. The second kappa shape index (κ2) is 9.31. The van der Waals surface area contributed by atoms with Gasteiger partial charge >= 0.3 is 0 Å². The predicted octanol–water partition coefficient (Wildman–Crippen LogP) is 4.53. The standard InChI is InChI=1S/C26H31N3O/c1-3-22-15-19(2)26(30)28-25(22)23-9-11-24(12-10-23)29-14-13-21(18-29)17-27-16-20-7-5-4-6-8-20/h4-12,15,21,27H,3,13-14,16-18H2,1-2H3,(H,28,30). The average molecular weight is 402 g/mol. The van der Waals surface area contributed by atoms with Gasteiger partial charge in [0.05, 0.1) is 5.69 Å². The molecular formula is C26H31N3O. The van der Waals surface area contributed by atoms with E-state index in [0.29, 0.717) is 5.92 Å². The number of anilines is 1. The van der Waals surface area contributed by atoms with Crippen LogP contribution in [0.25, 0.3) is 11.3 Å². The van der Waals surface area contributed by atoms with Gasteiger partial charge in [-0.1, -0.05) is 49.4 Å². The van der Waals surface area contributed by atoms with Crippen molar-refractivity contribution in [1.82, 2.24) is 10.3 Å². The monoisotopic (exact) mass is 401 g/mol. The highest BCUT2D eigenvalue weighted by molar-refractivity contribution is 5.66. The Morgan fingerprint density at radius 3 is 2.60 bits per heavy atom. The van der Waals surface area contributed by atoms with Crippen LogP contribution in [0.4, 0.5) is 5.69 Å². The smallest absolute Gasteiger partial charge is 0.251 e. The number of nitrogens with one attached hydrogen (secondary N) is 2. The van der Waals surface area contributed by atoms with Gasteiger partial charge in [0.2, 0.25) is 0 Å².